The minimum Gasteiger partial charge on any atom is -0.457 e. The largest absolute Gasteiger partial charge is 0.457 e. The van der Waals surface area contributed by atoms with Gasteiger partial charge in [0.25, 0.3) is 0 Å². The van der Waals surface area contributed by atoms with Gasteiger partial charge in [-0.3, -0.25) is 4.57 Å². The molecule has 4 aromatic carbocycles. The molecule has 162 valence electrons. The van der Waals surface area contributed by atoms with Gasteiger partial charge in [0.1, 0.15) is 35.4 Å². The summed E-state index contributed by atoms with van der Waals surface area (Å²) >= 11 is 0. The SMILES string of the molecule is C[n+]1ccn(-c2cccc(Oc3cc4ccc5cccc6c5c4c(c3)n6-c3ccccn3)c2)c1. The number of nitrogens with zero attached hydrogens (tertiary/aromatic N) is 4. The summed E-state index contributed by atoms with van der Waals surface area (Å²) in [5.41, 5.74) is 3.29. The van der Waals surface area contributed by atoms with Crippen molar-refractivity contribution < 1.29 is 9.30 Å². The Kier molecular flexibility index (Phi) is 3.99. The third kappa shape index (κ3) is 2.87. The van der Waals surface area contributed by atoms with E-state index in [4.69, 9.17) is 4.74 Å². The van der Waals surface area contributed by atoms with Gasteiger partial charge >= 0.3 is 0 Å². The van der Waals surface area contributed by atoms with E-state index >= 15 is 0 Å². The Morgan fingerprint density at radius 1 is 0.765 bits per heavy atom. The van der Waals surface area contributed by atoms with E-state index in [9.17, 15) is 0 Å². The molecule has 0 unspecified atom stereocenters. The lowest BCUT2D eigenvalue weighted by Crippen LogP contribution is -2.23. The van der Waals surface area contributed by atoms with Crippen molar-refractivity contribution in [2.45, 2.75) is 0 Å². The fraction of sp³-hybridized carbons (Fsp3) is 0.0345. The first kappa shape index (κ1) is 18.9. The summed E-state index contributed by atoms with van der Waals surface area (Å²) in [5, 5.41) is 4.87. The number of benzene rings is 4. The molecule has 0 saturated carbocycles. The van der Waals surface area contributed by atoms with Crippen LogP contribution in [0.15, 0.2) is 110 Å². The van der Waals surface area contributed by atoms with Crippen molar-refractivity contribution in [2.75, 3.05) is 0 Å². The molecule has 0 aliphatic carbocycles. The molecule has 0 aliphatic heterocycles. The molecule has 0 bridgehead atoms. The molecule has 7 rings (SSSR count). The second-order valence-electron chi connectivity index (χ2n) is 8.59. The topological polar surface area (TPSA) is 35.9 Å². The number of ether oxygens (including phenoxy) is 1. The van der Waals surface area contributed by atoms with Crippen LogP contribution in [0.2, 0.25) is 0 Å². The van der Waals surface area contributed by atoms with Crippen LogP contribution < -0.4 is 9.30 Å². The van der Waals surface area contributed by atoms with Crippen LogP contribution in [0.25, 0.3) is 44.1 Å². The fourth-order valence-electron chi connectivity index (χ4n) is 4.90. The summed E-state index contributed by atoms with van der Waals surface area (Å²) in [5.74, 6) is 2.49. The Morgan fingerprint density at radius 2 is 1.65 bits per heavy atom. The highest BCUT2D eigenvalue weighted by atomic mass is 16.5. The molecule has 5 heteroatoms. The lowest BCUT2D eigenvalue weighted by molar-refractivity contribution is -0.670. The van der Waals surface area contributed by atoms with E-state index in [2.05, 4.69) is 68.7 Å². The molecule has 3 heterocycles. The van der Waals surface area contributed by atoms with Crippen LogP contribution >= 0.6 is 0 Å². The molecular weight excluding hydrogens is 420 g/mol. The first-order valence-corrected chi connectivity index (χ1v) is 11.3. The highest BCUT2D eigenvalue weighted by Crippen LogP contribution is 2.41. The summed E-state index contributed by atoms with van der Waals surface area (Å²) < 4.78 is 12.7. The molecule has 34 heavy (non-hydrogen) atoms. The quantitative estimate of drug-likeness (QED) is 0.242. The molecule has 0 saturated heterocycles. The molecular formula is C29H21N4O+. The molecule has 0 radical (unpaired) electrons. The molecule has 0 fully saturated rings. The summed E-state index contributed by atoms with van der Waals surface area (Å²) in [7, 11) is 2.01. The van der Waals surface area contributed by atoms with Gasteiger partial charge in [-0.1, -0.05) is 36.4 Å². The van der Waals surface area contributed by atoms with Crippen molar-refractivity contribution in [2.24, 2.45) is 7.05 Å². The average Bonchev–Trinajstić information content (AvgIpc) is 3.45. The Labute approximate surface area is 196 Å². The van der Waals surface area contributed by atoms with Gasteiger partial charge in [-0.2, -0.15) is 0 Å². The van der Waals surface area contributed by atoms with Gasteiger partial charge in [0.05, 0.1) is 18.1 Å². The Balaban J connectivity index is 1.42. The maximum absolute atomic E-state index is 6.42. The zero-order valence-corrected chi connectivity index (χ0v) is 18.6. The first-order valence-electron chi connectivity index (χ1n) is 11.3. The third-order valence-electron chi connectivity index (χ3n) is 6.37. The van der Waals surface area contributed by atoms with Gasteiger partial charge in [0.2, 0.25) is 6.33 Å². The van der Waals surface area contributed by atoms with Gasteiger partial charge < -0.3 is 4.74 Å². The second kappa shape index (κ2) is 7.18. The smallest absolute Gasteiger partial charge is 0.248 e. The van der Waals surface area contributed by atoms with Crippen molar-refractivity contribution in [3.05, 3.63) is 110 Å². The van der Waals surface area contributed by atoms with Crippen LogP contribution in [-0.2, 0) is 7.05 Å². The molecule has 3 aromatic heterocycles. The number of pyridine rings is 1. The Morgan fingerprint density at radius 3 is 2.50 bits per heavy atom. The van der Waals surface area contributed by atoms with Gasteiger partial charge in [0.15, 0.2) is 0 Å². The van der Waals surface area contributed by atoms with E-state index in [-0.39, 0.29) is 0 Å². The summed E-state index contributed by atoms with van der Waals surface area (Å²) in [4.78, 5) is 4.66. The maximum Gasteiger partial charge on any atom is 0.248 e. The molecule has 7 aromatic rings. The highest BCUT2D eigenvalue weighted by molar-refractivity contribution is 6.24. The minimum atomic E-state index is 0.793. The molecule has 0 spiro atoms. The normalized spacial score (nSPS) is 11.7. The monoisotopic (exact) mass is 441 g/mol. The zero-order chi connectivity index (χ0) is 22.6. The summed E-state index contributed by atoms with van der Waals surface area (Å²) in [6.07, 6.45) is 7.91. The molecule has 5 nitrogen and oxygen atoms in total. The second-order valence-corrected chi connectivity index (χ2v) is 8.59. The highest BCUT2D eigenvalue weighted by Gasteiger charge is 2.18. The van der Waals surface area contributed by atoms with E-state index in [0.717, 1.165) is 39.4 Å². The van der Waals surface area contributed by atoms with Gasteiger partial charge in [-0.05, 0) is 47.2 Å². The van der Waals surface area contributed by atoms with Crippen molar-refractivity contribution in [1.82, 2.24) is 14.1 Å². The molecule has 0 amide bonds. The average molecular weight is 442 g/mol. The molecule has 0 atom stereocenters. The summed E-state index contributed by atoms with van der Waals surface area (Å²) in [6, 6.07) is 29.2. The Hall–Kier alpha value is -4.64. The number of imidazole rings is 1. The predicted octanol–water partition coefficient (Wildman–Crippen LogP) is 6.18. The van der Waals surface area contributed by atoms with Gasteiger partial charge in [-0.15, -0.1) is 0 Å². The standard InChI is InChI=1S/C29H21N4O/c1-31-14-15-32(19-31)22-7-5-8-23(17-22)34-24-16-21-12-11-20-6-4-9-25-28(20)29(21)26(18-24)33(25)27-10-2-3-13-30-27/h2-19H,1H3/q+1. The van der Waals surface area contributed by atoms with Crippen molar-refractivity contribution in [3.63, 3.8) is 0 Å². The first-order chi connectivity index (χ1) is 16.7. The molecule has 0 N–H and O–H groups in total. The minimum absolute atomic E-state index is 0.793. The maximum atomic E-state index is 6.42. The number of aryl methyl sites for hydroxylation is 1. The number of hydrogen-bond donors (Lipinski definition) is 0. The van der Waals surface area contributed by atoms with Crippen LogP contribution in [0.5, 0.6) is 11.5 Å². The van der Waals surface area contributed by atoms with Gasteiger partial charge in [0, 0.05) is 29.1 Å². The lowest BCUT2D eigenvalue weighted by Gasteiger charge is -2.10. The van der Waals surface area contributed by atoms with Crippen LogP contribution in [0.3, 0.4) is 0 Å². The van der Waals surface area contributed by atoms with E-state index in [1.54, 1.807) is 0 Å². The van der Waals surface area contributed by atoms with E-state index in [1.807, 2.05) is 66.9 Å². The van der Waals surface area contributed by atoms with Gasteiger partial charge in [-0.25, -0.2) is 14.1 Å². The molecule has 0 aliphatic rings. The van der Waals surface area contributed by atoms with E-state index in [0.29, 0.717) is 0 Å². The van der Waals surface area contributed by atoms with Crippen molar-refractivity contribution in [1.29, 1.82) is 0 Å². The van der Waals surface area contributed by atoms with Crippen molar-refractivity contribution >= 4 is 32.6 Å². The summed E-state index contributed by atoms with van der Waals surface area (Å²) in [6.45, 7) is 0. The van der Waals surface area contributed by atoms with E-state index < -0.39 is 0 Å². The zero-order valence-electron chi connectivity index (χ0n) is 18.6. The number of aromatic nitrogens is 4. The number of hydrogen-bond acceptors (Lipinski definition) is 2. The third-order valence-corrected chi connectivity index (χ3v) is 6.37. The predicted molar refractivity (Wildman–Crippen MR) is 134 cm³/mol. The van der Waals surface area contributed by atoms with Crippen LogP contribution in [0.1, 0.15) is 0 Å². The van der Waals surface area contributed by atoms with Crippen LogP contribution in [0, 0.1) is 0 Å². The lowest BCUT2D eigenvalue weighted by atomic mass is 10.0. The number of rotatable bonds is 4. The van der Waals surface area contributed by atoms with E-state index in [1.165, 1.54) is 16.2 Å². The van der Waals surface area contributed by atoms with Crippen molar-refractivity contribution in [3.8, 4) is 23.0 Å². The van der Waals surface area contributed by atoms with Crippen LogP contribution in [-0.4, -0.2) is 14.1 Å². The fourth-order valence-corrected chi connectivity index (χ4v) is 4.90. The Bertz CT molecular complexity index is 1800. The van der Waals surface area contributed by atoms with Crippen LogP contribution in [0.4, 0.5) is 0 Å².